The summed E-state index contributed by atoms with van der Waals surface area (Å²) < 4.78 is 0. The van der Waals surface area contributed by atoms with Crippen LogP contribution in [0.4, 0.5) is 0 Å². The van der Waals surface area contributed by atoms with Crippen molar-refractivity contribution in [2.24, 2.45) is 0 Å². The highest BCUT2D eigenvalue weighted by molar-refractivity contribution is 6.25. The Morgan fingerprint density at radius 1 is 1.06 bits per heavy atom. The van der Waals surface area contributed by atoms with E-state index in [1.165, 1.54) is 12.8 Å². The Morgan fingerprint density at radius 2 is 1.65 bits per heavy atom. The molecule has 0 heterocycles. The van der Waals surface area contributed by atoms with Gasteiger partial charge in [-0.25, -0.2) is 0 Å². The van der Waals surface area contributed by atoms with Crippen LogP contribution in [0.5, 0.6) is 0 Å². The van der Waals surface area contributed by atoms with Crippen molar-refractivity contribution in [2.75, 3.05) is 6.61 Å². The largest absolute Gasteiger partial charge is 0.396 e. The Balaban J connectivity index is -0.000000174. The van der Waals surface area contributed by atoms with Gasteiger partial charge in [-0.2, -0.15) is 0 Å². The summed E-state index contributed by atoms with van der Waals surface area (Å²) >= 11 is 5.20. The molecule has 0 aliphatic heterocycles. The van der Waals surface area contributed by atoms with Crippen LogP contribution in [-0.4, -0.2) is 11.7 Å². The fourth-order valence-electron chi connectivity index (χ4n) is 0.675. The van der Waals surface area contributed by atoms with Gasteiger partial charge in [-0.05, 0) is 26.2 Å². The molecule has 0 aromatic carbocycles. The van der Waals surface area contributed by atoms with Gasteiger partial charge >= 0.3 is 0 Å². The number of aliphatic hydroxyl groups excluding tert-OH is 1. The SMILES string of the molecule is C/C=C\CCO.C=CCCC.CCC/C=C\Cl. The molecule has 0 unspecified atom stereocenters. The molecule has 2 heteroatoms. The van der Waals surface area contributed by atoms with Gasteiger partial charge in [0.25, 0.3) is 0 Å². The van der Waals surface area contributed by atoms with E-state index in [0.29, 0.717) is 0 Å². The quantitative estimate of drug-likeness (QED) is 0.629. The average Bonchev–Trinajstić information content (AvgIpc) is 2.36. The zero-order valence-electron chi connectivity index (χ0n) is 11.7. The van der Waals surface area contributed by atoms with Gasteiger partial charge in [0.2, 0.25) is 0 Å². The van der Waals surface area contributed by atoms with Crippen LogP contribution < -0.4 is 0 Å². The van der Waals surface area contributed by atoms with Crippen molar-refractivity contribution >= 4 is 11.6 Å². The predicted octanol–water partition coefficient (Wildman–Crippen LogP) is 5.46. The monoisotopic (exact) mass is 260 g/mol. The van der Waals surface area contributed by atoms with E-state index in [2.05, 4.69) is 20.4 Å². The van der Waals surface area contributed by atoms with Gasteiger partial charge in [-0.15, -0.1) is 6.58 Å². The fourth-order valence-corrected chi connectivity index (χ4v) is 0.801. The molecule has 0 fully saturated rings. The molecule has 0 saturated carbocycles. The molecule has 1 N–H and O–H groups in total. The van der Waals surface area contributed by atoms with E-state index in [-0.39, 0.29) is 6.61 Å². The predicted molar refractivity (Wildman–Crippen MR) is 81.5 cm³/mol. The van der Waals surface area contributed by atoms with Crippen molar-refractivity contribution in [1.82, 2.24) is 0 Å². The highest BCUT2D eigenvalue weighted by Gasteiger charge is 1.66. The summed E-state index contributed by atoms with van der Waals surface area (Å²) in [6, 6.07) is 0. The van der Waals surface area contributed by atoms with Crippen LogP contribution in [-0.2, 0) is 0 Å². The second-order valence-electron chi connectivity index (χ2n) is 3.31. The number of rotatable bonds is 6. The maximum atomic E-state index is 8.15. The Hall–Kier alpha value is -0.530. The molecule has 0 atom stereocenters. The molecular formula is C15H29ClO. The van der Waals surface area contributed by atoms with E-state index in [1.54, 1.807) is 5.54 Å². The lowest BCUT2D eigenvalue weighted by Gasteiger charge is -1.76. The summed E-state index contributed by atoms with van der Waals surface area (Å²) in [5.41, 5.74) is 1.56. The van der Waals surface area contributed by atoms with E-state index < -0.39 is 0 Å². The molecule has 0 spiro atoms. The summed E-state index contributed by atoms with van der Waals surface area (Å²) in [5, 5.41) is 8.15. The first kappa shape index (κ1) is 21.7. The number of hydrogen-bond acceptors (Lipinski definition) is 1. The van der Waals surface area contributed by atoms with Crippen LogP contribution in [0.2, 0.25) is 0 Å². The first-order chi connectivity index (χ1) is 8.24. The van der Waals surface area contributed by atoms with Crippen LogP contribution in [0, 0.1) is 0 Å². The van der Waals surface area contributed by atoms with Crippen molar-refractivity contribution < 1.29 is 5.11 Å². The maximum absolute atomic E-state index is 8.15. The van der Waals surface area contributed by atoms with Crippen LogP contribution in [0.1, 0.15) is 52.9 Å². The molecule has 0 aliphatic rings. The van der Waals surface area contributed by atoms with Crippen LogP contribution >= 0.6 is 11.6 Å². The molecule has 0 aliphatic carbocycles. The van der Waals surface area contributed by atoms with Gasteiger partial charge in [-0.3, -0.25) is 0 Å². The van der Waals surface area contributed by atoms with Gasteiger partial charge in [0, 0.05) is 12.1 Å². The van der Waals surface area contributed by atoms with Gasteiger partial charge in [-0.1, -0.05) is 62.6 Å². The van der Waals surface area contributed by atoms with Gasteiger partial charge < -0.3 is 5.11 Å². The third-order valence-electron chi connectivity index (χ3n) is 1.57. The minimum Gasteiger partial charge on any atom is -0.396 e. The van der Waals surface area contributed by atoms with Crippen LogP contribution in [0.15, 0.2) is 36.4 Å². The fraction of sp³-hybridized carbons (Fsp3) is 0.600. The Kier molecular flexibility index (Phi) is 37.8. The average molecular weight is 261 g/mol. The van der Waals surface area contributed by atoms with E-state index in [1.807, 2.05) is 31.2 Å². The zero-order valence-corrected chi connectivity index (χ0v) is 12.4. The lowest BCUT2D eigenvalue weighted by atomic mass is 10.3. The molecule has 0 radical (unpaired) electrons. The number of allylic oxidation sites excluding steroid dienone is 3. The molecule has 1 nitrogen and oxygen atoms in total. The number of halogens is 1. The summed E-state index contributed by atoms with van der Waals surface area (Å²) in [6.07, 6.45) is 13.2. The van der Waals surface area contributed by atoms with E-state index in [4.69, 9.17) is 16.7 Å². The summed E-state index contributed by atoms with van der Waals surface area (Å²) in [6.45, 7) is 10.0. The normalized spacial score (nSPS) is 9.47. The number of hydrogen-bond donors (Lipinski definition) is 1. The van der Waals surface area contributed by atoms with Gasteiger partial charge in [0.15, 0.2) is 0 Å². The van der Waals surface area contributed by atoms with Crippen molar-refractivity contribution in [1.29, 1.82) is 0 Å². The first-order valence-electron chi connectivity index (χ1n) is 6.33. The first-order valence-corrected chi connectivity index (χ1v) is 6.76. The van der Waals surface area contributed by atoms with Crippen LogP contribution in [0.25, 0.3) is 0 Å². The standard InChI is InChI=1S/C5H9Cl.C5H10O.C5H10/c2*1-2-3-4-5-6;1-3-5-4-2/h4-5H,2-3H2,1H3;2-3,6H,4-5H2,1H3;3H,1,4-5H2,2H3/b5-4-;3-2-;. The molecule has 0 bridgehead atoms. The third-order valence-corrected chi connectivity index (χ3v) is 1.75. The molecule has 17 heavy (non-hydrogen) atoms. The van der Waals surface area contributed by atoms with Gasteiger partial charge in [0.05, 0.1) is 0 Å². The van der Waals surface area contributed by atoms with Crippen molar-refractivity contribution in [3.8, 4) is 0 Å². The molecule has 102 valence electrons. The lowest BCUT2D eigenvalue weighted by Crippen LogP contribution is -1.73. The second kappa shape index (κ2) is 29.5. The summed E-state index contributed by atoms with van der Waals surface area (Å²) in [5.74, 6) is 0. The summed E-state index contributed by atoms with van der Waals surface area (Å²) in [4.78, 5) is 0. The van der Waals surface area contributed by atoms with E-state index in [0.717, 1.165) is 19.3 Å². The van der Waals surface area contributed by atoms with E-state index in [9.17, 15) is 0 Å². The minimum atomic E-state index is 0.268. The van der Waals surface area contributed by atoms with Gasteiger partial charge in [0.1, 0.15) is 0 Å². The highest BCUT2D eigenvalue weighted by atomic mass is 35.5. The topological polar surface area (TPSA) is 20.2 Å². The molecule has 0 aromatic heterocycles. The Bertz CT molecular complexity index is 148. The van der Waals surface area contributed by atoms with E-state index >= 15 is 0 Å². The van der Waals surface area contributed by atoms with Crippen molar-refractivity contribution in [3.63, 3.8) is 0 Å². The Morgan fingerprint density at radius 3 is 1.76 bits per heavy atom. The minimum absolute atomic E-state index is 0.268. The van der Waals surface area contributed by atoms with Crippen molar-refractivity contribution in [3.05, 3.63) is 36.4 Å². The number of aliphatic hydroxyl groups is 1. The summed E-state index contributed by atoms with van der Waals surface area (Å²) in [7, 11) is 0. The number of unbranched alkanes of at least 4 members (excludes halogenated alkanes) is 2. The smallest absolute Gasteiger partial charge is 0.0465 e. The van der Waals surface area contributed by atoms with Crippen LogP contribution in [0.3, 0.4) is 0 Å². The molecule has 0 amide bonds. The molecular weight excluding hydrogens is 232 g/mol. The Labute approximate surface area is 113 Å². The lowest BCUT2D eigenvalue weighted by molar-refractivity contribution is 0.302. The molecule has 0 rings (SSSR count). The maximum Gasteiger partial charge on any atom is 0.0465 e. The zero-order chi connectivity index (χ0) is 13.8. The van der Waals surface area contributed by atoms with Crippen molar-refractivity contribution in [2.45, 2.75) is 52.9 Å². The third kappa shape index (κ3) is 50.3. The second-order valence-corrected chi connectivity index (χ2v) is 3.56. The highest BCUT2D eigenvalue weighted by Crippen LogP contribution is 1.88. The molecule has 0 aromatic rings. The molecule has 0 saturated heterocycles.